The van der Waals surface area contributed by atoms with Crippen molar-refractivity contribution in [3.05, 3.63) is 203 Å². The third-order valence-corrected chi connectivity index (χ3v) is 12.4. The highest BCUT2D eigenvalue weighted by Gasteiger charge is 2.25. The first kappa shape index (κ1) is 34.8. The summed E-state index contributed by atoms with van der Waals surface area (Å²) >= 11 is 1.92. The van der Waals surface area contributed by atoms with E-state index >= 15 is 0 Å². The molecule has 0 aliphatic heterocycles. The van der Waals surface area contributed by atoms with E-state index in [0.29, 0.717) is 0 Å². The van der Waals surface area contributed by atoms with Crippen LogP contribution >= 0.6 is 11.3 Å². The fourth-order valence-electron chi connectivity index (χ4n) is 8.73. The zero-order valence-corrected chi connectivity index (χ0v) is 33.0. The molecular formula is C52H46N2S. The van der Waals surface area contributed by atoms with Crippen LogP contribution in [0.15, 0.2) is 181 Å². The predicted molar refractivity (Wildman–Crippen MR) is 240 cm³/mol. The van der Waals surface area contributed by atoms with Crippen LogP contribution in [-0.2, 0) is 13.1 Å². The highest BCUT2D eigenvalue weighted by Crippen LogP contribution is 2.45. The lowest BCUT2D eigenvalue weighted by atomic mass is 9.93. The number of aryl methyl sites for hydroxylation is 2. The Morgan fingerprint density at radius 2 is 1.22 bits per heavy atom. The molecule has 55 heavy (non-hydrogen) atoms. The number of anilines is 2. The number of fused-ring (bicyclic) bond motifs is 7. The Morgan fingerprint density at radius 3 is 1.82 bits per heavy atom. The third kappa shape index (κ3) is 6.43. The van der Waals surface area contributed by atoms with Crippen molar-refractivity contribution in [2.24, 2.45) is 0 Å². The lowest BCUT2D eigenvalue weighted by molar-refractivity contribution is 0.762. The van der Waals surface area contributed by atoms with Crippen LogP contribution in [0.25, 0.3) is 41.7 Å². The van der Waals surface area contributed by atoms with Gasteiger partial charge in [0.05, 0.1) is 6.04 Å². The van der Waals surface area contributed by atoms with Crippen LogP contribution in [0.3, 0.4) is 0 Å². The Labute approximate surface area is 329 Å². The van der Waals surface area contributed by atoms with Gasteiger partial charge in [-0.15, -0.1) is 11.3 Å². The van der Waals surface area contributed by atoms with Gasteiger partial charge in [0.15, 0.2) is 0 Å². The minimum absolute atomic E-state index is 0.0694. The molecule has 0 saturated carbocycles. The molecule has 0 spiro atoms. The van der Waals surface area contributed by atoms with Crippen molar-refractivity contribution in [2.75, 3.05) is 9.80 Å². The Kier molecular flexibility index (Phi) is 8.91. The number of rotatable bonds is 8. The molecule has 3 heteroatoms. The summed E-state index contributed by atoms with van der Waals surface area (Å²) < 4.78 is 2.64. The Hall–Kier alpha value is -5.90. The van der Waals surface area contributed by atoms with Gasteiger partial charge >= 0.3 is 0 Å². The number of hydrogen-bond acceptors (Lipinski definition) is 3. The molecule has 1 heterocycles. The van der Waals surface area contributed by atoms with Crippen molar-refractivity contribution < 1.29 is 0 Å². The summed E-state index contributed by atoms with van der Waals surface area (Å²) in [5.74, 6) is 0. The summed E-state index contributed by atoms with van der Waals surface area (Å²) in [6.07, 6.45) is 12.2. The summed E-state index contributed by atoms with van der Waals surface area (Å²) in [7, 11) is 0. The molecule has 0 amide bonds. The number of allylic oxidation sites excluding steroid dienone is 6. The standard InChI is InChI=1S/C52H46N2S/c1-33-13-11-15-41(27-33)53(47-23-21-35(3)25-37(47)5)31-39-29-49-51(45-19-9-7-17-43(39)45)52-46-20-10-8-18-44(46)40(30-50(52)55-49)32-54(42-16-12-14-34(2)28-42)48-24-22-36(4)26-38(48)6/h7-25,27-30,47H,5-6,26,31-32H2,1-4H3. The molecule has 7 aromatic rings. The topological polar surface area (TPSA) is 6.48 Å². The summed E-state index contributed by atoms with van der Waals surface area (Å²) in [6.45, 7) is 19.3. The molecule has 1 unspecified atom stereocenters. The lowest BCUT2D eigenvalue weighted by Gasteiger charge is -2.35. The predicted octanol–water partition coefficient (Wildman–Crippen LogP) is 14.2. The van der Waals surface area contributed by atoms with Gasteiger partial charge in [0.25, 0.3) is 0 Å². The second-order valence-corrected chi connectivity index (χ2v) is 16.6. The average Bonchev–Trinajstić information content (AvgIpc) is 3.55. The summed E-state index contributed by atoms with van der Waals surface area (Å²) in [5, 5.41) is 7.92. The van der Waals surface area contributed by atoms with Crippen LogP contribution in [0, 0.1) is 13.8 Å². The van der Waals surface area contributed by atoms with Gasteiger partial charge < -0.3 is 9.80 Å². The lowest BCUT2D eigenvalue weighted by Crippen LogP contribution is -2.35. The molecule has 1 atom stereocenters. The summed E-state index contributed by atoms with van der Waals surface area (Å²) in [5.41, 5.74) is 13.6. The smallest absolute Gasteiger partial charge is 0.0727 e. The highest BCUT2D eigenvalue weighted by molar-refractivity contribution is 7.26. The first-order valence-corrected chi connectivity index (χ1v) is 20.1. The van der Waals surface area contributed by atoms with E-state index in [1.54, 1.807) is 0 Å². The summed E-state index contributed by atoms with van der Waals surface area (Å²) in [6, 6.07) is 40.8. The molecule has 6 aromatic carbocycles. The molecule has 270 valence electrons. The van der Waals surface area contributed by atoms with Crippen LogP contribution in [0.2, 0.25) is 0 Å². The maximum absolute atomic E-state index is 4.55. The van der Waals surface area contributed by atoms with E-state index in [4.69, 9.17) is 0 Å². The van der Waals surface area contributed by atoms with Crippen molar-refractivity contribution in [1.82, 2.24) is 0 Å². The Balaban J connectivity index is 1.22. The third-order valence-electron chi connectivity index (χ3n) is 11.3. The number of hydrogen-bond donors (Lipinski definition) is 0. The van der Waals surface area contributed by atoms with Gasteiger partial charge in [-0.25, -0.2) is 0 Å². The summed E-state index contributed by atoms with van der Waals surface area (Å²) in [4.78, 5) is 4.99. The van der Waals surface area contributed by atoms with Gasteiger partial charge in [-0.2, -0.15) is 0 Å². The van der Waals surface area contributed by atoms with Crippen LogP contribution in [-0.4, -0.2) is 6.04 Å². The first-order chi connectivity index (χ1) is 26.7. The van der Waals surface area contributed by atoms with Crippen molar-refractivity contribution in [3.63, 3.8) is 0 Å². The largest absolute Gasteiger partial charge is 0.357 e. The number of benzene rings is 6. The Bertz CT molecular complexity index is 2840. The normalized spacial score (nSPS) is 15.9. The molecule has 0 bridgehead atoms. The van der Waals surface area contributed by atoms with E-state index in [0.717, 1.165) is 30.7 Å². The second kappa shape index (κ2) is 14.1. The minimum atomic E-state index is 0.0694. The molecule has 2 aliphatic rings. The van der Waals surface area contributed by atoms with Gasteiger partial charge in [0.2, 0.25) is 0 Å². The average molecular weight is 731 g/mol. The van der Waals surface area contributed by atoms with E-state index in [9.17, 15) is 0 Å². The van der Waals surface area contributed by atoms with E-state index in [-0.39, 0.29) is 6.04 Å². The van der Waals surface area contributed by atoms with Crippen molar-refractivity contribution in [3.8, 4) is 0 Å². The Morgan fingerprint density at radius 1 is 0.636 bits per heavy atom. The van der Waals surface area contributed by atoms with Gasteiger partial charge in [-0.05, 0) is 132 Å². The van der Waals surface area contributed by atoms with Crippen molar-refractivity contribution >= 4 is 64.4 Å². The van der Waals surface area contributed by atoms with Gasteiger partial charge in [-0.3, -0.25) is 0 Å². The minimum Gasteiger partial charge on any atom is -0.357 e. The molecule has 2 nitrogen and oxygen atoms in total. The van der Waals surface area contributed by atoms with E-state index in [1.165, 1.54) is 92.2 Å². The quantitative estimate of drug-likeness (QED) is 0.154. The molecule has 2 aliphatic carbocycles. The van der Waals surface area contributed by atoms with E-state index < -0.39 is 0 Å². The molecule has 1 aromatic heterocycles. The molecule has 0 N–H and O–H groups in total. The zero-order chi connectivity index (χ0) is 37.8. The second-order valence-electron chi connectivity index (χ2n) is 15.5. The molecular weight excluding hydrogens is 685 g/mol. The van der Waals surface area contributed by atoms with Crippen LogP contribution in [0.5, 0.6) is 0 Å². The monoisotopic (exact) mass is 730 g/mol. The molecule has 9 rings (SSSR count). The maximum Gasteiger partial charge on any atom is 0.0727 e. The van der Waals surface area contributed by atoms with Crippen LogP contribution in [0.1, 0.15) is 42.5 Å². The fourth-order valence-corrected chi connectivity index (χ4v) is 9.99. The van der Waals surface area contributed by atoms with Gasteiger partial charge in [0.1, 0.15) is 0 Å². The van der Waals surface area contributed by atoms with Gasteiger partial charge in [0, 0.05) is 50.3 Å². The fraction of sp³-hybridized carbons (Fsp3) is 0.154. The number of nitrogens with zero attached hydrogens (tertiary/aromatic N) is 2. The van der Waals surface area contributed by atoms with Crippen molar-refractivity contribution in [2.45, 2.75) is 53.2 Å². The maximum atomic E-state index is 4.55. The molecule has 0 fully saturated rings. The molecule has 0 radical (unpaired) electrons. The van der Waals surface area contributed by atoms with Gasteiger partial charge in [-0.1, -0.05) is 121 Å². The SMILES string of the molecule is C=C1CC(C)=CC=C1N(Cc1cc2sc3cc(CN(c4cccc(C)c4)C4C=CC(C)=CC4=C)c4ccccc4c3c2c2ccccc12)c1cccc(C)c1. The first-order valence-electron chi connectivity index (χ1n) is 19.3. The number of thiophene rings is 1. The zero-order valence-electron chi connectivity index (χ0n) is 32.2. The van der Waals surface area contributed by atoms with Crippen molar-refractivity contribution in [1.29, 1.82) is 0 Å². The van der Waals surface area contributed by atoms with E-state index in [1.807, 2.05) is 11.3 Å². The highest BCUT2D eigenvalue weighted by atomic mass is 32.1. The van der Waals surface area contributed by atoms with E-state index in [2.05, 4.69) is 190 Å². The molecule has 0 saturated heterocycles. The van der Waals surface area contributed by atoms with Crippen LogP contribution in [0.4, 0.5) is 11.4 Å². The van der Waals surface area contributed by atoms with Crippen LogP contribution < -0.4 is 9.80 Å².